The van der Waals surface area contributed by atoms with Crippen molar-refractivity contribution in [1.29, 1.82) is 0 Å². The molecule has 0 unspecified atom stereocenters. The fraction of sp³-hybridized carbons (Fsp3) is 0.500. The van der Waals surface area contributed by atoms with E-state index in [1.54, 1.807) is 13.2 Å². The van der Waals surface area contributed by atoms with Crippen LogP contribution in [0.4, 0.5) is 8.78 Å². The predicted octanol–water partition coefficient (Wildman–Crippen LogP) is 1.20. The Morgan fingerprint density at radius 1 is 1.63 bits per heavy atom. The number of aromatic nitrogens is 2. The maximum atomic E-state index is 13.0. The highest BCUT2D eigenvalue weighted by atomic mass is 127. The van der Waals surface area contributed by atoms with Gasteiger partial charge in [-0.3, -0.25) is 9.48 Å². The Bertz CT molecular complexity index is 560. The lowest BCUT2D eigenvalue weighted by molar-refractivity contribution is -0.164. The van der Waals surface area contributed by atoms with Crippen LogP contribution in [0.2, 0.25) is 0 Å². The van der Waals surface area contributed by atoms with E-state index in [-0.39, 0.29) is 17.8 Å². The van der Waals surface area contributed by atoms with Crippen molar-refractivity contribution in [2.24, 2.45) is 12.1 Å². The Morgan fingerprint density at radius 2 is 2.26 bits per heavy atom. The highest BCUT2D eigenvalue weighted by Crippen LogP contribution is 2.32. The Balaban J connectivity index is 2.40. The number of alkyl halides is 2. The summed E-state index contributed by atoms with van der Waals surface area (Å²) in [5.41, 5.74) is -2.34. The zero-order valence-corrected chi connectivity index (χ0v) is 12.3. The Labute approximate surface area is 121 Å². The van der Waals surface area contributed by atoms with E-state index in [0.29, 0.717) is 8.58 Å². The summed E-state index contributed by atoms with van der Waals surface area (Å²) in [6.07, 6.45) is -1.92. The van der Waals surface area contributed by atoms with Crippen molar-refractivity contribution in [2.75, 3.05) is 0 Å². The third-order valence-electron chi connectivity index (χ3n) is 2.68. The molecule has 0 radical (unpaired) electrons. The first-order valence-corrected chi connectivity index (χ1v) is 6.42. The van der Waals surface area contributed by atoms with Crippen LogP contribution in [0.1, 0.15) is 23.8 Å². The van der Waals surface area contributed by atoms with Gasteiger partial charge in [0.2, 0.25) is 5.72 Å². The lowest BCUT2D eigenvalue weighted by Gasteiger charge is -2.29. The fourth-order valence-corrected chi connectivity index (χ4v) is 2.58. The third-order valence-corrected chi connectivity index (χ3v) is 3.47. The minimum Gasteiger partial charge on any atom is -0.364 e. The summed E-state index contributed by atoms with van der Waals surface area (Å²) in [5.74, 6) is -0.843. The molecule has 1 N–H and O–H groups in total. The van der Waals surface area contributed by atoms with Gasteiger partial charge in [-0.05, 0) is 29.5 Å². The molecule has 0 aliphatic carbocycles. The van der Waals surface area contributed by atoms with Gasteiger partial charge in [-0.2, -0.15) is 15.2 Å². The molecule has 19 heavy (non-hydrogen) atoms. The van der Waals surface area contributed by atoms with Crippen molar-refractivity contribution in [1.82, 2.24) is 14.8 Å². The van der Waals surface area contributed by atoms with Gasteiger partial charge in [0.05, 0.1) is 3.57 Å². The normalized spacial score (nSPS) is 23.1. The summed E-state index contributed by atoms with van der Waals surface area (Å²) >= 11 is 1.87. The molecule has 9 heteroatoms. The molecule has 104 valence electrons. The highest BCUT2D eigenvalue weighted by Gasteiger charge is 2.51. The van der Waals surface area contributed by atoms with Crippen molar-refractivity contribution in [3.8, 4) is 0 Å². The number of rotatable bonds is 2. The van der Waals surface area contributed by atoms with E-state index in [2.05, 4.69) is 10.2 Å². The van der Waals surface area contributed by atoms with Crippen LogP contribution in [0.3, 0.4) is 0 Å². The molecule has 1 aliphatic heterocycles. The number of halogens is 3. The van der Waals surface area contributed by atoms with Crippen LogP contribution in [-0.4, -0.2) is 43.7 Å². The molecule has 0 bridgehead atoms. The summed E-state index contributed by atoms with van der Waals surface area (Å²) in [5, 5.41) is 18.0. The van der Waals surface area contributed by atoms with Crippen LogP contribution >= 0.6 is 22.6 Å². The molecule has 6 nitrogen and oxygen atoms in total. The molecular weight excluding hydrogens is 373 g/mol. The lowest BCUT2D eigenvalue weighted by atomic mass is 10.1. The summed E-state index contributed by atoms with van der Waals surface area (Å²) in [4.78, 5) is 12.2. The Kier molecular flexibility index (Phi) is 3.60. The Hall–Kier alpha value is -1.10. The molecule has 1 amide bonds. The Morgan fingerprint density at radius 3 is 2.74 bits per heavy atom. The molecule has 0 saturated carbocycles. The minimum absolute atomic E-state index is 0.0133. The average Bonchev–Trinajstić information content (AvgIpc) is 2.79. The van der Waals surface area contributed by atoms with Gasteiger partial charge in [0.15, 0.2) is 5.69 Å². The van der Waals surface area contributed by atoms with Crippen molar-refractivity contribution in [2.45, 2.75) is 25.5 Å². The minimum atomic E-state index is -3.11. The van der Waals surface area contributed by atoms with Gasteiger partial charge in [0.1, 0.15) is 0 Å². The average molecular weight is 384 g/mol. The molecule has 2 rings (SSSR count). The van der Waals surface area contributed by atoms with E-state index in [4.69, 9.17) is 0 Å². The molecule has 1 aliphatic rings. The van der Waals surface area contributed by atoms with Gasteiger partial charge >= 0.3 is 0 Å². The van der Waals surface area contributed by atoms with Crippen LogP contribution in [0, 0.1) is 3.57 Å². The maximum Gasteiger partial charge on any atom is 0.298 e. The van der Waals surface area contributed by atoms with Crippen LogP contribution in [0.15, 0.2) is 11.3 Å². The summed E-state index contributed by atoms with van der Waals surface area (Å²) in [6.45, 7) is 1.48. The van der Waals surface area contributed by atoms with Gasteiger partial charge in [-0.25, -0.2) is 8.78 Å². The monoisotopic (exact) mass is 384 g/mol. The van der Waals surface area contributed by atoms with E-state index >= 15 is 0 Å². The number of nitrogens with zero attached hydrogens (tertiary/aromatic N) is 4. The van der Waals surface area contributed by atoms with Crippen molar-refractivity contribution < 1.29 is 18.7 Å². The first-order valence-electron chi connectivity index (χ1n) is 5.34. The van der Waals surface area contributed by atoms with Crippen LogP contribution in [0.25, 0.3) is 0 Å². The third kappa shape index (κ3) is 2.36. The number of carbonyl (C=O) groups excluding carboxylic acids is 1. The number of aryl methyl sites for hydroxylation is 1. The van der Waals surface area contributed by atoms with Crippen molar-refractivity contribution in [3.05, 3.63) is 15.5 Å². The first kappa shape index (κ1) is 14.3. The summed E-state index contributed by atoms with van der Waals surface area (Å²) in [6, 6.07) is 0. The molecular formula is C10H11F2IN4O2. The SMILES string of the molecule is CC1=NN(C(=O)c2nn(C)cc2I)[C@](O)(C(F)F)C1. The van der Waals surface area contributed by atoms with Crippen LogP contribution in [0.5, 0.6) is 0 Å². The topological polar surface area (TPSA) is 70.7 Å². The van der Waals surface area contributed by atoms with E-state index in [9.17, 15) is 18.7 Å². The quantitative estimate of drug-likeness (QED) is 0.780. The molecule has 1 atom stereocenters. The molecule has 0 fully saturated rings. The number of amides is 1. The smallest absolute Gasteiger partial charge is 0.298 e. The van der Waals surface area contributed by atoms with Crippen LogP contribution in [-0.2, 0) is 7.05 Å². The second-order valence-corrected chi connectivity index (χ2v) is 5.47. The molecule has 1 aromatic rings. The second kappa shape index (κ2) is 4.78. The maximum absolute atomic E-state index is 13.0. The zero-order chi connectivity index (χ0) is 14.4. The zero-order valence-electron chi connectivity index (χ0n) is 10.1. The largest absolute Gasteiger partial charge is 0.364 e. The molecule has 0 aromatic carbocycles. The summed E-state index contributed by atoms with van der Waals surface area (Å²) < 4.78 is 27.9. The molecule has 0 spiro atoms. The number of carbonyl (C=O) groups is 1. The number of hydrazone groups is 1. The fourth-order valence-electron chi connectivity index (χ4n) is 1.84. The van der Waals surface area contributed by atoms with Gasteiger partial charge in [-0.15, -0.1) is 0 Å². The number of hydrogen-bond donors (Lipinski definition) is 1. The van der Waals surface area contributed by atoms with Crippen molar-refractivity contribution in [3.63, 3.8) is 0 Å². The van der Waals surface area contributed by atoms with E-state index in [1.165, 1.54) is 11.6 Å². The molecule has 2 heterocycles. The molecule has 1 aromatic heterocycles. The summed E-state index contributed by atoms with van der Waals surface area (Å²) in [7, 11) is 1.61. The predicted molar refractivity (Wildman–Crippen MR) is 70.8 cm³/mol. The van der Waals surface area contributed by atoms with Gasteiger partial charge in [-0.1, -0.05) is 0 Å². The van der Waals surface area contributed by atoms with Crippen molar-refractivity contribution >= 4 is 34.2 Å². The standard InChI is InChI=1S/C10H11F2IN4O2/c1-5-3-10(19,9(11)12)17(14-5)8(18)7-6(13)4-16(2)15-7/h4,9,19H,3H2,1-2H3/t10-/m1/s1. The van der Waals surface area contributed by atoms with Gasteiger partial charge in [0, 0.05) is 25.4 Å². The van der Waals surface area contributed by atoms with Gasteiger partial charge < -0.3 is 5.11 Å². The lowest BCUT2D eigenvalue weighted by Crippen LogP contribution is -2.51. The number of hydrogen-bond acceptors (Lipinski definition) is 4. The molecule has 0 saturated heterocycles. The van der Waals surface area contributed by atoms with E-state index in [1.807, 2.05) is 22.6 Å². The van der Waals surface area contributed by atoms with Crippen LogP contribution < -0.4 is 0 Å². The van der Waals surface area contributed by atoms with E-state index in [0.717, 1.165) is 0 Å². The number of aliphatic hydroxyl groups is 1. The van der Waals surface area contributed by atoms with Gasteiger partial charge in [0.25, 0.3) is 12.3 Å². The second-order valence-electron chi connectivity index (χ2n) is 4.31. The first-order chi connectivity index (χ1) is 8.75. The highest BCUT2D eigenvalue weighted by molar-refractivity contribution is 14.1. The van der Waals surface area contributed by atoms with E-state index < -0.39 is 18.1 Å².